The summed E-state index contributed by atoms with van der Waals surface area (Å²) in [5.74, 6) is -0.0352. The van der Waals surface area contributed by atoms with Crippen molar-refractivity contribution in [1.82, 2.24) is 25.8 Å². The van der Waals surface area contributed by atoms with Crippen LogP contribution >= 0.6 is 0 Å². The molecule has 0 aliphatic heterocycles. The Bertz CT molecular complexity index is 880. The van der Waals surface area contributed by atoms with Crippen LogP contribution < -0.4 is 27.4 Å². The van der Waals surface area contributed by atoms with Gasteiger partial charge in [-0.2, -0.15) is 0 Å². The van der Waals surface area contributed by atoms with Crippen LogP contribution in [0.2, 0.25) is 0 Å². The predicted molar refractivity (Wildman–Crippen MR) is 263 cm³/mol. The highest BCUT2D eigenvalue weighted by Crippen LogP contribution is 2.16. The van der Waals surface area contributed by atoms with Crippen molar-refractivity contribution in [2.75, 3.05) is 72.0 Å². The van der Waals surface area contributed by atoms with Crippen molar-refractivity contribution in [3.8, 4) is 0 Å². The van der Waals surface area contributed by atoms with Gasteiger partial charge in [-0.3, -0.25) is 14.4 Å². The van der Waals surface area contributed by atoms with Gasteiger partial charge in [0, 0.05) is 78.2 Å². The van der Waals surface area contributed by atoms with Crippen molar-refractivity contribution in [2.24, 2.45) is 11.5 Å². The Morgan fingerprint density at radius 1 is 0.311 bits per heavy atom. The van der Waals surface area contributed by atoms with Crippen molar-refractivity contribution in [3.05, 3.63) is 0 Å². The van der Waals surface area contributed by atoms with Gasteiger partial charge in [0.1, 0.15) is 0 Å². The summed E-state index contributed by atoms with van der Waals surface area (Å²) >= 11 is 0. The molecular weight excluding hydrogens is 759 g/mol. The minimum absolute atomic E-state index is 0.0548. The number of carbonyl (C=O) groups is 3. The Hall–Kier alpha value is -1.75. The van der Waals surface area contributed by atoms with Crippen LogP contribution in [0.1, 0.15) is 239 Å². The van der Waals surface area contributed by atoms with Gasteiger partial charge in [0.2, 0.25) is 17.7 Å². The van der Waals surface area contributed by atoms with E-state index in [1.54, 1.807) is 0 Å². The topological polar surface area (TPSA) is 146 Å². The summed E-state index contributed by atoms with van der Waals surface area (Å²) in [6, 6.07) is 0. The highest BCUT2D eigenvalue weighted by molar-refractivity contribution is 5.77. The maximum absolute atomic E-state index is 13.0. The summed E-state index contributed by atoms with van der Waals surface area (Å²) in [5.41, 5.74) is 11.1. The van der Waals surface area contributed by atoms with Gasteiger partial charge in [-0.1, -0.05) is 206 Å². The third kappa shape index (κ3) is 46.1. The number of carbonyl (C=O) groups excluding carboxylic acids is 3. The first-order valence-electron chi connectivity index (χ1n) is 26.6. The van der Waals surface area contributed by atoms with E-state index in [2.05, 4.69) is 39.6 Å². The SMILES string of the molecule is CCCCCCCCCCCCCCCCCCN(CCCCCCCCCCCCCCCCCC)CCC(=O)NCCN(CCC(=O)NCCN)CCC(=O)NCCN. The maximum atomic E-state index is 13.0. The van der Waals surface area contributed by atoms with Crippen LogP contribution in [0.25, 0.3) is 0 Å². The van der Waals surface area contributed by atoms with Crippen LogP contribution in [0, 0.1) is 0 Å². The highest BCUT2D eigenvalue weighted by Gasteiger charge is 2.13. The Morgan fingerprint density at radius 2 is 0.541 bits per heavy atom. The van der Waals surface area contributed by atoms with Gasteiger partial charge in [0.15, 0.2) is 0 Å². The summed E-state index contributed by atoms with van der Waals surface area (Å²) in [7, 11) is 0. The zero-order valence-corrected chi connectivity index (χ0v) is 40.8. The minimum atomic E-state index is -0.0548. The molecule has 0 saturated heterocycles. The molecule has 0 aromatic rings. The third-order valence-electron chi connectivity index (χ3n) is 12.3. The zero-order chi connectivity index (χ0) is 44.5. The van der Waals surface area contributed by atoms with Gasteiger partial charge in [-0.15, -0.1) is 0 Å². The summed E-state index contributed by atoms with van der Waals surface area (Å²) < 4.78 is 0. The summed E-state index contributed by atoms with van der Waals surface area (Å²) in [5, 5.41) is 8.74. The molecule has 7 N–H and O–H groups in total. The number of amides is 3. The molecule has 0 fully saturated rings. The Labute approximate surface area is 378 Å². The molecule has 0 atom stereocenters. The van der Waals surface area contributed by atoms with Gasteiger partial charge in [0.05, 0.1) is 0 Å². The summed E-state index contributed by atoms with van der Waals surface area (Å²) in [4.78, 5) is 42.1. The molecule has 0 aromatic carbocycles. The minimum Gasteiger partial charge on any atom is -0.355 e. The lowest BCUT2D eigenvalue weighted by molar-refractivity contribution is -0.123. The number of hydrogen-bond acceptors (Lipinski definition) is 7. The number of nitrogens with one attached hydrogen (secondary N) is 3. The summed E-state index contributed by atoms with van der Waals surface area (Å²) in [6.07, 6.45) is 45.3. The molecule has 362 valence electrons. The van der Waals surface area contributed by atoms with Crippen molar-refractivity contribution in [3.63, 3.8) is 0 Å². The number of nitrogens with two attached hydrogens (primary N) is 2. The first-order chi connectivity index (χ1) is 30.0. The highest BCUT2D eigenvalue weighted by atomic mass is 16.2. The van der Waals surface area contributed by atoms with E-state index in [9.17, 15) is 14.4 Å². The van der Waals surface area contributed by atoms with E-state index in [-0.39, 0.29) is 17.7 Å². The van der Waals surface area contributed by atoms with Crippen LogP contribution in [0.3, 0.4) is 0 Å². The number of hydrogen-bond donors (Lipinski definition) is 5. The number of rotatable bonds is 50. The molecule has 10 heteroatoms. The number of nitrogens with zero attached hydrogens (tertiary/aromatic N) is 2. The van der Waals surface area contributed by atoms with Gasteiger partial charge < -0.3 is 37.2 Å². The first-order valence-corrected chi connectivity index (χ1v) is 26.6. The van der Waals surface area contributed by atoms with E-state index < -0.39 is 0 Å². The molecule has 3 amide bonds. The Balaban J connectivity index is 4.56. The average molecular weight is 864 g/mol. The molecular formula is C51H105N7O3. The molecule has 0 rings (SSSR count). The quantitative estimate of drug-likeness (QED) is 0.0383. The lowest BCUT2D eigenvalue weighted by Gasteiger charge is -2.23. The molecule has 10 nitrogen and oxygen atoms in total. The van der Waals surface area contributed by atoms with Gasteiger partial charge in [-0.25, -0.2) is 0 Å². The van der Waals surface area contributed by atoms with E-state index in [1.165, 1.54) is 205 Å². The van der Waals surface area contributed by atoms with Crippen LogP contribution in [-0.2, 0) is 14.4 Å². The fraction of sp³-hybridized carbons (Fsp3) is 0.941. The molecule has 0 radical (unpaired) electrons. The fourth-order valence-corrected chi connectivity index (χ4v) is 8.26. The second-order valence-electron chi connectivity index (χ2n) is 18.2. The Morgan fingerprint density at radius 3 is 0.803 bits per heavy atom. The lowest BCUT2D eigenvalue weighted by Crippen LogP contribution is -2.40. The molecule has 0 aromatic heterocycles. The summed E-state index contributed by atoms with van der Waals surface area (Å²) in [6.45, 7) is 11.4. The van der Waals surface area contributed by atoms with Gasteiger partial charge in [0.25, 0.3) is 0 Å². The first kappa shape index (κ1) is 59.2. The van der Waals surface area contributed by atoms with Crippen LogP contribution in [0.5, 0.6) is 0 Å². The third-order valence-corrected chi connectivity index (χ3v) is 12.3. The molecule has 0 bridgehead atoms. The monoisotopic (exact) mass is 864 g/mol. The van der Waals surface area contributed by atoms with Crippen molar-refractivity contribution in [2.45, 2.75) is 239 Å². The molecule has 0 aliphatic carbocycles. The molecule has 0 saturated carbocycles. The fourth-order valence-electron chi connectivity index (χ4n) is 8.26. The average Bonchev–Trinajstić information content (AvgIpc) is 3.26. The zero-order valence-electron chi connectivity index (χ0n) is 40.8. The van der Waals surface area contributed by atoms with Crippen molar-refractivity contribution in [1.29, 1.82) is 0 Å². The normalized spacial score (nSPS) is 11.5. The molecule has 0 aliphatic rings. The second kappa shape index (κ2) is 49.3. The van der Waals surface area contributed by atoms with Gasteiger partial charge in [-0.05, 0) is 25.9 Å². The van der Waals surface area contributed by atoms with E-state index in [0.29, 0.717) is 71.6 Å². The molecule has 0 unspecified atom stereocenters. The van der Waals surface area contributed by atoms with Gasteiger partial charge >= 0.3 is 0 Å². The molecule has 0 heterocycles. The van der Waals surface area contributed by atoms with Crippen molar-refractivity contribution < 1.29 is 14.4 Å². The molecule has 61 heavy (non-hydrogen) atoms. The molecule has 0 spiro atoms. The Kier molecular flexibility index (Phi) is 47.9. The van der Waals surface area contributed by atoms with E-state index in [1.807, 2.05) is 0 Å². The second-order valence-corrected chi connectivity index (χ2v) is 18.2. The maximum Gasteiger partial charge on any atom is 0.221 e. The van der Waals surface area contributed by atoms with E-state index >= 15 is 0 Å². The standard InChI is InChI=1S/C51H105N7O3/c1-3-5-7-9-11-13-15-17-19-21-23-25-27-29-31-33-43-57(44-34-32-30-28-26-24-22-20-18-16-14-12-10-8-6-4-2)45-35-51(61)56-42-48-58(46-36-49(59)54-40-38-52)47-37-50(60)55-41-39-53/h3-48,52-53H2,1-2H3,(H,54,59)(H,55,60)(H,56,61). The largest absolute Gasteiger partial charge is 0.355 e. The predicted octanol–water partition coefficient (Wildman–Crippen LogP) is 10.5. The number of unbranched alkanes of at least 4 members (excludes halogenated alkanes) is 30. The van der Waals surface area contributed by atoms with E-state index in [4.69, 9.17) is 11.5 Å². The van der Waals surface area contributed by atoms with Crippen LogP contribution in [-0.4, -0.2) is 99.5 Å². The van der Waals surface area contributed by atoms with Crippen molar-refractivity contribution >= 4 is 17.7 Å². The van der Waals surface area contributed by atoms with Crippen LogP contribution in [0.4, 0.5) is 0 Å². The van der Waals surface area contributed by atoms with E-state index in [0.717, 1.165) is 19.6 Å². The van der Waals surface area contributed by atoms with Crippen LogP contribution in [0.15, 0.2) is 0 Å². The smallest absolute Gasteiger partial charge is 0.221 e. The lowest BCUT2D eigenvalue weighted by atomic mass is 10.0.